The van der Waals surface area contributed by atoms with E-state index in [9.17, 15) is 4.79 Å². The van der Waals surface area contributed by atoms with E-state index in [1.807, 2.05) is 0 Å². The summed E-state index contributed by atoms with van der Waals surface area (Å²) in [5.41, 5.74) is 3.13. The largest absolute Gasteiger partial charge is 0.353 e. The average molecular weight is 353 g/mol. The number of benzene rings is 1. The highest BCUT2D eigenvalue weighted by Crippen LogP contribution is 2.69. The lowest BCUT2D eigenvalue weighted by Gasteiger charge is -2.45. The maximum Gasteiger partial charge on any atom is 0.217 e. The number of fused-ring (bicyclic) bond motifs is 8. The number of hydrogen-bond acceptors (Lipinski definition) is 1. The van der Waals surface area contributed by atoms with Gasteiger partial charge in [-0.2, -0.15) is 0 Å². The summed E-state index contributed by atoms with van der Waals surface area (Å²) in [6, 6.07) is 9.30. The molecule has 0 spiro atoms. The van der Waals surface area contributed by atoms with Crippen molar-refractivity contribution >= 4 is 28.5 Å². The van der Waals surface area contributed by atoms with Gasteiger partial charge < -0.3 is 5.32 Å². The van der Waals surface area contributed by atoms with Crippen molar-refractivity contribution in [3.63, 3.8) is 0 Å². The fourth-order valence-corrected chi connectivity index (χ4v) is 6.34. The van der Waals surface area contributed by atoms with E-state index in [1.54, 1.807) is 18.1 Å². The molecule has 2 fully saturated rings. The van der Waals surface area contributed by atoms with Crippen LogP contribution in [-0.4, -0.2) is 15.9 Å². The summed E-state index contributed by atoms with van der Waals surface area (Å²) in [5.74, 6) is 3.03. The first-order valence-corrected chi connectivity index (χ1v) is 7.93. The molecule has 3 aliphatic rings. The molecule has 3 aliphatic carbocycles. The van der Waals surface area contributed by atoms with Gasteiger partial charge in [0.15, 0.2) is 0 Å². The van der Waals surface area contributed by atoms with E-state index >= 15 is 0 Å². The Morgan fingerprint density at radius 2 is 1.94 bits per heavy atom. The normalized spacial score (nSPS) is 43.0. The fourth-order valence-electron chi connectivity index (χ4n) is 4.65. The molecule has 0 heterocycles. The summed E-state index contributed by atoms with van der Waals surface area (Å²) >= 11 is 2.63. The maximum absolute atomic E-state index is 11.3. The molecule has 3 heteroatoms. The zero-order valence-electron chi connectivity index (χ0n) is 10.3. The summed E-state index contributed by atoms with van der Waals surface area (Å²) < 4.78 is 0.724. The molecule has 0 aliphatic heterocycles. The van der Waals surface area contributed by atoms with E-state index in [1.165, 1.54) is 6.42 Å². The third-order valence-corrected chi connectivity index (χ3v) is 6.89. The van der Waals surface area contributed by atoms with Crippen LogP contribution >= 0.6 is 22.6 Å². The fraction of sp³-hybridized carbons (Fsp3) is 0.533. The minimum atomic E-state index is 0.125. The van der Waals surface area contributed by atoms with E-state index in [0.29, 0.717) is 17.9 Å². The first kappa shape index (κ1) is 11.3. The van der Waals surface area contributed by atoms with Gasteiger partial charge in [0.1, 0.15) is 0 Å². The third-order valence-electron chi connectivity index (χ3n) is 5.13. The highest BCUT2D eigenvalue weighted by Gasteiger charge is 2.63. The molecule has 2 saturated carbocycles. The van der Waals surface area contributed by atoms with E-state index < -0.39 is 0 Å². The summed E-state index contributed by atoms with van der Waals surface area (Å²) in [5, 5.41) is 3.18. The second-order valence-electron chi connectivity index (χ2n) is 5.91. The van der Waals surface area contributed by atoms with Gasteiger partial charge in [0.05, 0.1) is 0 Å². The van der Waals surface area contributed by atoms with Crippen LogP contribution in [0.3, 0.4) is 0 Å². The molecule has 1 aromatic rings. The summed E-state index contributed by atoms with van der Waals surface area (Å²) in [6.45, 7) is 1.64. The van der Waals surface area contributed by atoms with Gasteiger partial charge in [-0.05, 0) is 41.2 Å². The second-order valence-corrected chi connectivity index (χ2v) is 7.35. The lowest BCUT2D eigenvalue weighted by atomic mass is 9.60. The number of alkyl halides is 1. The van der Waals surface area contributed by atoms with Gasteiger partial charge >= 0.3 is 0 Å². The number of nitrogens with one attached hydrogen (secondary N) is 1. The SMILES string of the molecule is CC(=O)N[C@H]1C[C@H]2[C@H](I)[C@@H]1[C@H]1c3ccccc3[C@@H]21. The van der Waals surface area contributed by atoms with Crippen molar-refractivity contribution in [2.75, 3.05) is 0 Å². The van der Waals surface area contributed by atoms with Gasteiger partial charge in [0.2, 0.25) is 5.91 Å². The second kappa shape index (κ2) is 3.71. The van der Waals surface area contributed by atoms with Gasteiger partial charge in [-0.25, -0.2) is 0 Å². The first-order chi connectivity index (χ1) is 8.68. The summed E-state index contributed by atoms with van der Waals surface area (Å²) in [7, 11) is 0. The van der Waals surface area contributed by atoms with Crippen molar-refractivity contribution in [2.24, 2.45) is 11.8 Å². The predicted octanol–water partition coefficient (Wildman–Crippen LogP) is 2.83. The highest BCUT2D eigenvalue weighted by molar-refractivity contribution is 14.1. The molecule has 0 aromatic heterocycles. The molecule has 1 aromatic carbocycles. The monoisotopic (exact) mass is 353 g/mol. The highest BCUT2D eigenvalue weighted by atomic mass is 127. The number of hydrogen-bond donors (Lipinski definition) is 1. The molecule has 6 atom stereocenters. The predicted molar refractivity (Wildman–Crippen MR) is 78.9 cm³/mol. The number of carbonyl (C=O) groups excluding carboxylic acids is 1. The molecular weight excluding hydrogens is 337 g/mol. The molecule has 4 rings (SSSR count). The van der Waals surface area contributed by atoms with E-state index in [4.69, 9.17) is 0 Å². The molecule has 94 valence electrons. The van der Waals surface area contributed by atoms with Crippen LogP contribution < -0.4 is 5.32 Å². The molecule has 2 bridgehead atoms. The lowest BCUT2D eigenvalue weighted by Crippen LogP contribution is -2.44. The Morgan fingerprint density at radius 3 is 2.61 bits per heavy atom. The quantitative estimate of drug-likeness (QED) is 0.611. The number of amides is 1. The maximum atomic E-state index is 11.3. The molecule has 1 N–H and O–H groups in total. The Hall–Kier alpha value is -0.580. The minimum Gasteiger partial charge on any atom is -0.353 e. The van der Waals surface area contributed by atoms with Crippen LogP contribution in [0.4, 0.5) is 0 Å². The smallest absolute Gasteiger partial charge is 0.217 e. The van der Waals surface area contributed by atoms with E-state index in [0.717, 1.165) is 15.8 Å². The average Bonchev–Trinajstić information content (AvgIpc) is 2.72. The molecular formula is C15H16INO. The van der Waals surface area contributed by atoms with Gasteiger partial charge in [-0.15, -0.1) is 0 Å². The zero-order valence-corrected chi connectivity index (χ0v) is 12.4. The van der Waals surface area contributed by atoms with Gasteiger partial charge in [0.25, 0.3) is 0 Å². The van der Waals surface area contributed by atoms with Crippen LogP contribution in [-0.2, 0) is 4.79 Å². The molecule has 1 amide bonds. The van der Waals surface area contributed by atoms with Gasteiger partial charge in [-0.1, -0.05) is 46.9 Å². The topological polar surface area (TPSA) is 29.1 Å². The molecule has 18 heavy (non-hydrogen) atoms. The van der Waals surface area contributed by atoms with Crippen molar-refractivity contribution < 1.29 is 4.79 Å². The van der Waals surface area contributed by atoms with E-state index in [2.05, 4.69) is 52.2 Å². The van der Waals surface area contributed by atoms with Crippen molar-refractivity contribution in [2.45, 2.75) is 35.1 Å². The van der Waals surface area contributed by atoms with Crippen molar-refractivity contribution in [3.05, 3.63) is 35.4 Å². The molecule has 0 saturated heterocycles. The summed E-state index contributed by atoms with van der Waals surface area (Å²) in [6.07, 6.45) is 1.17. The van der Waals surface area contributed by atoms with Crippen LogP contribution in [0, 0.1) is 11.8 Å². The number of carbonyl (C=O) groups is 1. The van der Waals surface area contributed by atoms with Crippen LogP contribution in [0.2, 0.25) is 0 Å². The lowest BCUT2D eigenvalue weighted by molar-refractivity contribution is -0.120. The third kappa shape index (κ3) is 1.26. The Labute approximate surface area is 121 Å². The van der Waals surface area contributed by atoms with Crippen LogP contribution in [0.15, 0.2) is 24.3 Å². The number of rotatable bonds is 1. The molecule has 0 unspecified atom stereocenters. The van der Waals surface area contributed by atoms with Crippen molar-refractivity contribution in [1.29, 1.82) is 0 Å². The Kier molecular flexibility index (Phi) is 2.32. The van der Waals surface area contributed by atoms with Gasteiger partial charge in [-0.3, -0.25) is 4.79 Å². The van der Waals surface area contributed by atoms with Crippen LogP contribution in [0.1, 0.15) is 36.3 Å². The first-order valence-electron chi connectivity index (χ1n) is 6.68. The summed E-state index contributed by atoms with van der Waals surface area (Å²) in [4.78, 5) is 11.3. The van der Waals surface area contributed by atoms with Crippen LogP contribution in [0.25, 0.3) is 0 Å². The standard InChI is InChI=1S/C15H16INO/c1-7(18)17-11-6-10-12-8-4-2-3-5-9(8)13(12)14(11)15(10)16/h2-5,10-15H,6H2,1H3,(H,17,18)/t10-,11+,12+,13+,14+,15+/m1/s1. The minimum absolute atomic E-state index is 0.125. The van der Waals surface area contributed by atoms with Crippen LogP contribution in [0.5, 0.6) is 0 Å². The number of halogens is 1. The zero-order chi connectivity index (χ0) is 12.4. The Balaban J connectivity index is 1.70. The molecule has 2 nitrogen and oxygen atoms in total. The Bertz CT molecular complexity index is 529. The van der Waals surface area contributed by atoms with Gasteiger partial charge in [0, 0.05) is 16.9 Å². The van der Waals surface area contributed by atoms with E-state index in [-0.39, 0.29) is 5.91 Å². The Morgan fingerprint density at radius 1 is 1.28 bits per heavy atom. The van der Waals surface area contributed by atoms with Crippen molar-refractivity contribution in [1.82, 2.24) is 5.32 Å². The van der Waals surface area contributed by atoms with Crippen molar-refractivity contribution in [3.8, 4) is 0 Å². The molecule has 0 radical (unpaired) electrons.